The first-order chi connectivity index (χ1) is 10.6. The van der Waals surface area contributed by atoms with Crippen LogP contribution in [0.15, 0.2) is 36.7 Å². The highest BCUT2D eigenvalue weighted by Gasteiger charge is 2.05. The van der Waals surface area contributed by atoms with E-state index >= 15 is 0 Å². The number of anilines is 1. The van der Waals surface area contributed by atoms with E-state index in [1.165, 1.54) is 6.08 Å². The van der Waals surface area contributed by atoms with Gasteiger partial charge in [-0.25, -0.2) is 4.98 Å². The number of methoxy groups -OCH3 is 1. The summed E-state index contributed by atoms with van der Waals surface area (Å²) in [5.41, 5.74) is 1.30. The average molecular weight is 300 g/mol. The summed E-state index contributed by atoms with van der Waals surface area (Å²) in [4.78, 5) is 18.3. The quantitative estimate of drug-likeness (QED) is 0.576. The number of aryl methyl sites for hydroxylation is 1. The third-order valence-corrected chi connectivity index (χ3v) is 3.19. The molecule has 0 radical (unpaired) electrons. The van der Waals surface area contributed by atoms with Crippen molar-refractivity contribution < 1.29 is 9.53 Å². The lowest BCUT2D eigenvalue weighted by Gasteiger charge is -2.17. The smallest absolute Gasteiger partial charge is 0.206 e. The van der Waals surface area contributed by atoms with E-state index in [1.807, 2.05) is 24.1 Å². The SMILES string of the molecule is COCCN(C)c1ccc(/C=C/C(=O)c2ccn(C)n2)cn1. The van der Waals surface area contributed by atoms with E-state index < -0.39 is 0 Å². The summed E-state index contributed by atoms with van der Waals surface area (Å²) < 4.78 is 6.65. The molecule has 0 saturated heterocycles. The van der Waals surface area contributed by atoms with E-state index in [4.69, 9.17) is 4.74 Å². The molecular formula is C16H20N4O2. The second-order valence-electron chi connectivity index (χ2n) is 4.94. The van der Waals surface area contributed by atoms with Crippen LogP contribution in [0.25, 0.3) is 6.08 Å². The van der Waals surface area contributed by atoms with E-state index in [0.29, 0.717) is 12.3 Å². The van der Waals surface area contributed by atoms with Crippen LogP contribution in [-0.4, -0.2) is 47.9 Å². The van der Waals surface area contributed by atoms with E-state index in [0.717, 1.165) is 17.9 Å². The van der Waals surface area contributed by atoms with Crippen molar-refractivity contribution in [2.75, 3.05) is 32.2 Å². The zero-order valence-corrected chi connectivity index (χ0v) is 13.1. The predicted octanol–water partition coefficient (Wildman–Crippen LogP) is 1.79. The third-order valence-electron chi connectivity index (χ3n) is 3.19. The molecule has 0 aliphatic carbocycles. The molecule has 0 fully saturated rings. The van der Waals surface area contributed by atoms with Crippen LogP contribution in [0.3, 0.4) is 0 Å². The van der Waals surface area contributed by atoms with Crippen molar-refractivity contribution in [1.29, 1.82) is 0 Å². The summed E-state index contributed by atoms with van der Waals surface area (Å²) in [6.45, 7) is 1.43. The number of hydrogen-bond acceptors (Lipinski definition) is 5. The molecule has 6 heteroatoms. The Morgan fingerprint density at radius 3 is 2.82 bits per heavy atom. The van der Waals surface area contributed by atoms with E-state index in [-0.39, 0.29) is 5.78 Å². The number of ketones is 1. The molecule has 0 unspecified atom stereocenters. The molecule has 0 saturated carbocycles. The fourth-order valence-corrected chi connectivity index (χ4v) is 1.87. The monoisotopic (exact) mass is 300 g/mol. The zero-order valence-electron chi connectivity index (χ0n) is 13.1. The second kappa shape index (κ2) is 7.51. The van der Waals surface area contributed by atoms with E-state index in [1.54, 1.807) is 43.4 Å². The average Bonchev–Trinajstić information content (AvgIpc) is 2.97. The van der Waals surface area contributed by atoms with Gasteiger partial charge in [0.05, 0.1) is 6.61 Å². The molecular weight excluding hydrogens is 280 g/mol. The first-order valence-electron chi connectivity index (χ1n) is 6.98. The van der Waals surface area contributed by atoms with Gasteiger partial charge < -0.3 is 9.64 Å². The van der Waals surface area contributed by atoms with Gasteiger partial charge in [0.2, 0.25) is 5.78 Å². The summed E-state index contributed by atoms with van der Waals surface area (Å²) in [6.07, 6.45) is 6.73. The number of ether oxygens (including phenoxy) is 1. The molecule has 2 rings (SSSR count). The highest BCUT2D eigenvalue weighted by atomic mass is 16.5. The summed E-state index contributed by atoms with van der Waals surface area (Å²) >= 11 is 0. The molecule has 2 aromatic rings. The molecule has 0 aliphatic heterocycles. The Kier molecular flexibility index (Phi) is 5.43. The number of carbonyl (C=O) groups excluding carboxylic acids is 1. The van der Waals surface area contributed by atoms with Gasteiger partial charge in [0.15, 0.2) is 0 Å². The van der Waals surface area contributed by atoms with Gasteiger partial charge in [-0.2, -0.15) is 5.10 Å². The van der Waals surface area contributed by atoms with Crippen LogP contribution in [0.2, 0.25) is 0 Å². The highest BCUT2D eigenvalue weighted by molar-refractivity contribution is 6.05. The molecule has 0 aromatic carbocycles. The largest absolute Gasteiger partial charge is 0.383 e. The van der Waals surface area contributed by atoms with Crippen LogP contribution >= 0.6 is 0 Å². The minimum absolute atomic E-state index is 0.123. The maximum Gasteiger partial charge on any atom is 0.206 e. The molecule has 2 aromatic heterocycles. The van der Waals surface area contributed by atoms with Gasteiger partial charge in [-0.15, -0.1) is 0 Å². The minimum Gasteiger partial charge on any atom is -0.383 e. The summed E-state index contributed by atoms with van der Waals surface area (Å²) in [7, 11) is 5.42. The van der Waals surface area contributed by atoms with Gasteiger partial charge in [0.1, 0.15) is 11.5 Å². The van der Waals surface area contributed by atoms with Gasteiger partial charge in [-0.05, 0) is 35.9 Å². The number of likely N-dealkylation sites (N-methyl/N-ethyl adjacent to an activating group) is 1. The third kappa shape index (κ3) is 4.26. The number of rotatable bonds is 7. The number of aromatic nitrogens is 3. The second-order valence-corrected chi connectivity index (χ2v) is 4.94. The highest BCUT2D eigenvalue weighted by Crippen LogP contribution is 2.11. The first kappa shape index (κ1) is 15.9. The summed E-state index contributed by atoms with van der Waals surface area (Å²) in [6, 6.07) is 5.53. The molecule has 0 bridgehead atoms. The molecule has 22 heavy (non-hydrogen) atoms. The van der Waals surface area contributed by atoms with Crippen LogP contribution < -0.4 is 4.90 Å². The minimum atomic E-state index is -0.123. The molecule has 116 valence electrons. The Morgan fingerprint density at radius 2 is 2.23 bits per heavy atom. The number of nitrogens with zero attached hydrogens (tertiary/aromatic N) is 4. The lowest BCUT2D eigenvalue weighted by molar-refractivity contribution is 0.104. The van der Waals surface area contributed by atoms with E-state index in [9.17, 15) is 4.79 Å². The number of pyridine rings is 1. The van der Waals surface area contributed by atoms with Gasteiger partial charge in [0, 0.05) is 40.1 Å². The van der Waals surface area contributed by atoms with E-state index in [2.05, 4.69) is 10.1 Å². The molecule has 6 nitrogen and oxygen atoms in total. The predicted molar refractivity (Wildman–Crippen MR) is 86.0 cm³/mol. The topological polar surface area (TPSA) is 60.2 Å². The van der Waals surface area contributed by atoms with Crippen molar-refractivity contribution >= 4 is 17.7 Å². The van der Waals surface area contributed by atoms with Gasteiger partial charge in [-0.1, -0.05) is 0 Å². The van der Waals surface area contributed by atoms with Crippen LogP contribution in [-0.2, 0) is 11.8 Å². The van der Waals surface area contributed by atoms with Crippen LogP contribution in [0.4, 0.5) is 5.82 Å². The maximum absolute atomic E-state index is 11.9. The van der Waals surface area contributed by atoms with Crippen LogP contribution in [0, 0.1) is 0 Å². The van der Waals surface area contributed by atoms with Gasteiger partial charge in [0.25, 0.3) is 0 Å². The first-order valence-corrected chi connectivity index (χ1v) is 6.98. The lowest BCUT2D eigenvalue weighted by atomic mass is 10.2. The maximum atomic E-state index is 11.9. The molecule has 0 spiro atoms. The molecule has 2 heterocycles. The molecule has 0 amide bonds. The molecule has 0 aliphatic rings. The summed E-state index contributed by atoms with van der Waals surface area (Å²) in [5, 5.41) is 4.07. The fraction of sp³-hybridized carbons (Fsp3) is 0.312. The van der Waals surface area contributed by atoms with Crippen molar-refractivity contribution in [3.8, 4) is 0 Å². The van der Waals surface area contributed by atoms with Crippen molar-refractivity contribution in [3.63, 3.8) is 0 Å². The number of hydrogen-bond donors (Lipinski definition) is 0. The van der Waals surface area contributed by atoms with Gasteiger partial charge >= 0.3 is 0 Å². The number of allylic oxidation sites excluding steroid dienone is 1. The van der Waals surface area contributed by atoms with Crippen molar-refractivity contribution in [3.05, 3.63) is 47.9 Å². The van der Waals surface area contributed by atoms with Crippen LogP contribution in [0.5, 0.6) is 0 Å². The standard InChI is InChI=1S/C16H20N4O2/c1-19(10-11-22-3)16-7-5-13(12-17-16)4-6-15(21)14-8-9-20(2)18-14/h4-9,12H,10-11H2,1-3H3/b6-4+. The Morgan fingerprint density at radius 1 is 1.41 bits per heavy atom. The summed E-state index contributed by atoms with van der Waals surface area (Å²) in [5.74, 6) is 0.743. The fourth-order valence-electron chi connectivity index (χ4n) is 1.87. The Balaban J connectivity index is 1.98. The van der Waals surface area contributed by atoms with Gasteiger partial charge in [-0.3, -0.25) is 9.48 Å². The Bertz CT molecular complexity index is 646. The molecule has 0 atom stereocenters. The molecule has 0 N–H and O–H groups in total. The number of carbonyl (C=O) groups is 1. The van der Waals surface area contributed by atoms with Crippen LogP contribution in [0.1, 0.15) is 16.1 Å². The van der Waals surface area contributed by atoms with Crippen molar-refractivity contribution in [1.82, 2.24) is 14.8 Å². The Hall–Kier alpha value is -2.47. The van der Waals surface area contributed by atoms with Crippen molar-refractivity contribution in [2.24, 2.45) is 7.05 Å². The normalized spacial score (nSPS) is 11.0. The lowest BCUT2D eigenvalue weighted by Crippen LogP contribution is -2.22. The zero-order chi connectivity index (χ0) is 15.9. The van der Waals surface area contributed by atoms with Crippen molar-refractivity contribution in [2.45, 2.75) is 0 Å². The Labute approximate surface area is 130 Å².